The Balaban J connectivity index is 1.98. The van der Waals surface area contributed by atoms with Crippen LogP contribution in [0.15, 0.2) is 97.1 Å². The van der Waals surface area contributed by atoms with Crippen LogP contribution in [-0.4, -0.2) is 22.9 Å². The summed E-state index contributed by atoms with van der Waals surface area (Å²) in [6.07, 6.45) is 38.4. The molecule has 3 nitrogen and oxygen atoms in total. The van der Waals surface area contributed by atoms with Crippen LogP contribution in [0.25, 0.3) is 0 Å². The molecule has 2 unspecified atom stereocenters. The number of unbranched alkanes of at least 4 members (excludes halogenated alkanes) is 24. The highest BCUT2D eigenvalue weighted by Gasteiger charge is 2.57. The van der Waals surface area contributed by atoms with Crippen LogP contribution in [0.3, 0.4) is 0 Å². The van der Waals surface area contributed by atoms with Gasteiger partial charge in [0.1, 0.15) is 11.2 Å². The first-order valence-electron chi connectivity index (χ1n) is 29.2. The lowest BCUT2D eigenvalue weighted by Gasteiger charge is -2.50. The number of aliphatic hydroxyl groups excluding tert-OH is 1. The fourth-order valence-electron chi connectivity index (χ4n) is 11.1. The Morgan fingerprint density at radius 1 is 0.362 bits per heavy atom. The van der Waals surface area contributed by atoms with E-state index in [0.29, 0.717) is 6.42 Å². The van der Waals surface area contributed by atoms with Gasteiger partial charge in [0.2, 0.25) is 0 Å². The molecule has 0 heterocycles. The summed E-state index contributed by atoms with van der Waals surface area (Å²) in [6.45, 7) is 11.1. The summed E-state index contributed by atoms with van der Waals surface area (Å²) in [5.74, 6) is 0. The number of aliphatic hydroxyl groups is 2. The minimum absolute atomic E-state index is 0.105. The van der Waals surface area contributed by atoms with Gasteiger partial charge in [-0.1, -0.05) is 279 Å². The second kappa shape index (κ2) is 35.0. The molecular formula is C66H102O3. The van der Waals surface area contributed by atoms with Crippen molar-refractivity contribution in [3.05, 3.63) is 142 Å². The first-order valence-corrected chi connectivity index (χ1v) is 29.2. The average Bonchev–Trinajstić information content (AvgIpc) is 3.37. The lowest BCUT2D eigenvalue weighted by atomic mass is 9.63. The molecule has 0 aliphatic carbocycles. The normalized spacial score (nSPS) is 13.2. The number of aryl methyl sites for hydroxylation is 4. The van der Waals surface area contributed by atoms with Gasteiger partial charge < -0.3 is 14.9 Å². The molecule has 4 aromatic rings. The fourth-order valence-corrected chi connectivity index (χ4v) is 11.1. The van der Waals surface area contributed by atoms with E-state index in [2.05, 4.69) is 125 Å². The van der Waals surface area contributed by atoms with Gasteiger partial charge in [0.15, 0.2) is 0 Å². The van der Waals surface area contributed by atoms with E-state index in [1.54, 1.807) is 0 Å². The van der Waals surface area contributed by atoms with E-state index in [-0.39, 0.29) is 6.61 Å². The van der Waals surface area contributed by atoms with Crippen molar-refractivity contribution in [2.45, 2.75) is 264 Å². The minimum atomic E-state index is -1.61. The Morgan fingerprint density at radius 3 is 1.00 bits per heavy atom. The summed E-state index contributed by atoms with van der Waals surface area (Å²) in [7, 11) is 0. The standard InChI is InChI=1S/C66H102O3/c1-6-10-14-18-22-26-30-42-57-43-34-35-50-61(57)54-65(69-55-56(5)67,62-51-39-36-47-58(62)44-31-27-23-19-15-11-7-2)66(68,63-52-40-37-48-59(63)45-32-28-24-20-16-12-8-3)64-53-41-38-49-60(64)46-33-29-25-21-17-13-9-4/h34-41,43,47-53,56,67-68H,6-33,42,44-46,54-55H2,1-5H3. The number of benzene rings is 4. The van der Waals surface area contributed by atoms with Gasteiger partial charge >= 0.3 is 0 Å². The molecule has 0 aliphatic rings. The Morgan fingerprint density at radius 2 is 0.638 bits per heavy atom. The maximum atomic E-state index is 15.2. The zero-order valence-electron chi connectivity index (χ0n) is 45.2. The van der Waals surface area contributed by atoms with Gasteiger partial charge in [-0.3, -0.25) is 0 Å². The molecule has 0 spiro atoms. The van der Waals surface area contributed by atoms with Crippen LogP contribution in [0.5, 0.6) is 0 Å². The summed E-state index contributed by atoms with van der Waals surface area (Å²) in [5.41, 5.74) is 6.27. The number of ether oxygens (including phenoxy) is 1. The van der Waals surface area contributed by atoms with Crippen molar-refractivity contribution in [2.75, 3.05) is 6.61 Å². The van der Waals surface area contributed by atoms with Crippen LogP contribution in [0.1, 0.15) is 259 Å². The van der Waals surface area contributed by atoms with Crippen molar-refractivity contribution in [3.63, 3.8) is 0 Å². The van der Waals surface area contributed by atoms with Crippen LogP contribution in [0, 0.1) is 0 Å². The SMILES string of the molecule is CCCCCCCCCc1ccccc1CC(OCC(C)O)(c1ccccc1CCCCCCCCC)C(O)(c1ccccc1CCCCCCCCC)c1ccccc1CCCCCCCCC. The van der Waals surface area contributed by atoms with E-state index in [4.69, 9.17) is 4.74 Å². The van der Waals surface area contributed by atoms with Crippen LogP contribution < -0.4 is 0 Å². The monoisotopic (exact) mass is 943 g/mol. The van der Waals surface area contributed by atoms with Gasteiger partial charge in [-0.2, -0.15) is 0 Å². The highest BCUT2D eigenvalue weighted by Crippen LogP contribution is 2.53. The molecule has 2 atom stereocenters. The predicted molar refractivity (Wildman–Crippen MR) is 299 cm³/mol. The topological polar surface area (TPSA) is 49.7 Å². The molecule has 4 aromatic carbocycles. The Hall–Kier alpha value is -3.24. The van der Waals surface area contributed by atoms with E-state index in [0.717, 1.165) is 68.1 Å². The van der Waals surface area contributed by atoms with Gasteiger partial charge in [0.05, 0.1) is 12.7 Å². The second-order valence-electron chi connectivity index (χ2n) is 21.1. The van der Waals surface area contributed by atoms with E-state index in [1.807, 2.05) is 6.92 Å². The lowest BCUT2D eigenvalue weighted by Crippen LogP contribution is -2.55. The molecule has 3 heteroatoms. The third-order valence-electron chi connectivity index (χ3n) is 15.2. The third-order valence-corrected chi connectivity index (χ3v) is 15.2. The molecule has 69 heavy (non-hydrogen) atoms. The van der Waals surface area contributed by atoms with Crippen molar-refractivity contribution in [1.82, 2.24) is 0 Å². The predicted octanol–water partition coefficient (Wildman–Crippen LogP) is 18.6. The van der Waals surface area contributed by atoms with Gasteiger partial charge in [-0.05, 0) is 103 Å². The fraction of sp³-hybridized carbons (Fsp3) is 0.636. The van der Waals surface area contributed by atoms with Gasteiger partial charge in [-0.25, -0.2) is 0 Å². The summed E-state index contributed by atoms with van der Waals surface area (Å²) >= 11 is 0. The van der Waals surface area contributed by atoms with E-state index in [1.165, 1.54) is 182 Å². The quantitative estimate of drug-likeness (QED) is 0.0436. The Labute approximate surface area is 425 Å². The highest BCUT2D eigenvalue weighted by molar-refractivity contribution is 5.53. The molecule has 0 radical (unpaired) electrons. The van der Waals surface area contributed by atoms with E-state index >= 15 is 5.11 Å². The zero-order valence-corrected chi connectivity index (χ0v) is 45.2. The maximum Gasteiger partial charge on any atom is 0.148 e. The largest absolute Gasteiger partial charge is 0.391 e. The van der Waals surface area contributed by atoms with Crippen molar-refractivity contribution in [1.29, 1.82) is 0 Å². The molecule has 0 aliphatic heterocycles. The molecule has 0 saturated carbocycles. The zero-order chi connectivity index (χ0) is 49.3. The summed E-state index contributed by atoms with van der Waals surface area (Å²) in [4.78, 5) is 0. The molecule has 0 saturated heterocycles. The van der Waals surface area contributed by atoms with Crippen molar-refractivity contribution >= 4 is 0 Å². The smallest absolute Gasteiger partial charge is 0.148 e. The first kappa shape index (κ1) is 58.3. The third kappa shape index (κ3) is 19.4. The van der Waals surface area contributed by atoms with Crippen molar-refractivity contribution in [3.8, 4) is 0 Å². The Kier molecular flexibility index (Phi) is 29.6. The summed E-state index contributed by atoms with van der Waals surface area (Å²) in [6, 6.07) is 35.7. The maximum absolute atomic E-state index is 15.2. The van der Waals surface area contributed by atoms with Crippen LogP contribution >= 0.6 is 0 Å². The minimum Gasteiger partial charge on any atom is -0.391 e. The van der Waals surface area contributed by atoms with E-state index < -0.39 is 17.3 Å². The lowest BCUT2D eigenvalue weighted by molar-refractivity contribution is -0.190. The van der Waals surface area contributed by atoms with Crippen LogP contribution in [0.4, 0.5) is 0 Å². The van der Waals surface area contributed by atoms with Gasteiger partial charge in [-0.15, -0.1) is 0 Å². The average molecular weight is 944 g/mol. The second-order valence-corrected chi connectivity index (χ2v) is 21.1. The molecule has 4 rings (SSSR count). The Bertz CT molecular complexity index is 1830. The summed E-state index contributed by atoms with van der Waals surface area (Å²) < 4.78 is 7.67. The molecule has 2 N–H and O–H groups in total. The number of rotatable bonds is 41. The first-order chi connectivity index (χ1) is 33.9. The number of hydrogen-bond acceptors (Lipinski definition) is 3. The van der Waals surface area contributed by atoms with Crippen molar-refractivity contribution in [2.24, 2.45) is 0 Å². The van der Waals surface area contributed by atoms with Gasteiger partial charge in [0, 0.05) is 6.42 Å². The molecule has 0 bridgehead atoms. The highest BCUT2D eigenvalue weighted by atomic mass is 16.5. The summed E-state index contributed by atoms with van der Waals surface area (Å²) in [5, 5.41) is 26.6. The molecule has 384 valence electrons. The molecule has 0 fully saturated rings. The van der Waals surface area contributed by atoms with E-state index in [9.17, 15) is 5.11 Å². The number of hydrogen-bond donors (Lipinski definition) is 2. The molecule has 0 aromatic heterocycles. The van der Waals surface area contributed by atoms with Crippen LogP contribution in [0.2, 0.25) is 0 Å². The van der Waals surface area contributed by atoms with Crippen LogP contribution in [-0.2, 0) is 48.0 Å². The van der Waals surface area contributed by atoms with Gasteiger partial charge in [0.25, 0.3) is 0 Å². The molecular weight excluding hydrogens is 841 g/mol. The van der Waals surface area contributed by atoms with Crippen molar-refractivity contribution < 1.29 is 14.9 Å². The molecule has 0 amide bonds.